The third kappa shape index (κ3) is 2.51. The first-order chi connectivity index (χ1) is 7.29. The predicted octanol–water partition coefficient (Wildman–Crippen LogP) is 2.90. The summed E-state index contributed by atoms with van der Waals surface area (Å²) < 4.78 is 5.16. The molecule has 1 aliphatic rings. The third-order valence-electron chi connectivity index (χ3n) is 3.13. The van der Waals surface area contributed by atoms with Gasteiger partial charge in [0.05, 0.1) is 7.11 Å². The van der Waals surface area contributed by atoms with Crippen LogP contribution in [-0.2, 0) is 0 Å². The predicted molar refractivity (Wildman–Crippen MR) is 62.2 cm³/mol. The first-order valence-corrected chi connectivity index (χ1v) is 5.69. The number of nitrogens with one attached hydrogen (secondary N) is 1. The third-order valence-corrected chi connectivity index (χ3v) is 3.13. The highest BCUT2D eigenvalue weighted by Crippen LogP contribution is 2.26. The summed E-state index contributed by atoms with van der Waals surface area (Å²) >= 11 is 0. The first-order valence-electron chi connectivity index (χ1n) is 5.69. The van der Waals surface area contributed by atoms with Crippen molar-refractivity contribution in [3.63, 3.8) is 0 Å². The van der Waals surface area contributed by atoms with Crippen LogP contribution in [-0.4, -0.2) is 13.2 Å². The van der Waals surface area contributed by atoms with E-state index in [1.54, 1.807) is 7.11 Å². The lowest BCUT2D eigenvalue weighted by atomic mass is 9.94. The largest absolute Gasteiger partial charge is 0.497 e. The van der Waals surface area contributed by atoms with Crippen molar-refractivity contribution in [3.8, 4) is 5.75 Å². The van der Waals surface area contributed by atoms with Crippen LogP contribution in [0.3, 0.4) is 0 Å². The normalized spacial score (nSPS) is 26.3. The van der Waals surface area contributed by atoms with Crippen molar-refractivity contribution < 1.29 is 4.74 Å². The van der Waals surface area contributed by atoms with Gasteiger partial charge in [0.25, 0.3) is 0 Å². The zero-order valence-corrected chi connectivity index (χ0v) is 9.49. The summed E-state index contributed by atoms with van der Waals surface area (Å²) in [6.07, 6.45) is 3.87. The van der Waals surface area contributed by atoms with Crippen LogP contribution in [0.5, 0.6) is 5.75 Å². The van der Waals surface area contributed by atoms with Crippen LogP contribution < -0.4 is 10.1 Å². The molecule has 0 aromatic heterocycles. The number of hydrogen-bond acceptors (Lipinski definition) is 2. The Bertz CT molecular complexity index is 307. The Kier molecular flexibility index (Phi) is 3.27. The van der Waals surface area contributed by atoms with E-state index in [0.29, 0.717) is 12.1 Å². The van der Waals surface area contributed by atoms with Crippen LogP contribution in [0.4, 0.5) is 0 Å². The molecule has 2 nitrogen and oxygen atoms in total. The van der Waals surface area contributed by atoms with Crippen LogP contribution in [0.2, 0.25) is 0 Å². The molecule has 1 aliphatic heterocycles. The molecule has 0 saturated carbocycles. The summed E-state index contributed by atoms with van der Waals surface area (Å²) in [5.41, 5.74) is 1.38. The SMILES string of the molecule is COc1ccc(C2CCCC(C)N2)cc1. The Morgan fingerprint density at radius 2 is 1.93 bits per heavy atom. The maximum atomic E-state index is 5.16. The van der Waals surface area contributed by atoms with E-state index in [0.717, 1.165) is 5.75 Å². The fourth-order valence-electron chi connectivity index (χ4n) is 2.24. The van der Waals surface area contributed by atoms with Crippen molar-refractivity contribution >= 4 is 0 Å². The zero-order valence-electron chi connectivity index (χ0n) is 9.49. The molecule has 82 valence electrons. The average Bonchev–Trinajstić information content (AvgIpc) is 2.29. The molecule has 0 aliphatic carbocycles. The smallest absolute Gasteiger partial charge is 0.118 e. The molecule has 15 heavy (non-hydrogen) atoms. The highest BCUT2D eigenvalue weighted by atomic mass is 16.5. The maximum absolute atomic E-state index is 5.16. The second-order valence-corrected chi connectivity index (χ2v) is 4.32. The van der Waals surface area contributed by atoms with Gasteiger partial charge in [0.2, 0.25) is 0 Å². The Balaban J connectivity index is 2.07. The van der Waals surface area contributed by atoms with Crippen molar-refractivity contribution in [3.05, 3.63) is 29.8 Å². The second-order valence-electron chi connectivity index (χ2n) is 4.32. The van der Waals surface area contributed by atoms with E-state index in [9.17, 15) is 0 Å². The molecule has 2 unspecified atom stereocenters. The molecule has 1 aromatic carbocycles. The van der Waals surface area contributed by atoms with E-state index in [1.807, 2.05) is 12.1 Å². The fraction of sp³-hybridized carbons (Fsp3) is 0.538. The van der Waals surface area contributed by atoms with Crippen LogP contribution in [0.15, 0.2) is 24.3 Å². The molecule has 2 rings (SSSR count). The number of methoxy groups -OCH3 is 1. The van der Waals surface area contributed by atoms with Crippen LogP contribution in [0.1, 0.15) is 37.8 Å². The minimum atomic E-state index is 0.527. The van der Waals surface area contributed by atoms with Crippen LogP contribution in [0.25, 0.3) is 0 Å². The van der Waals surface area contributed by atoms with Gasteiger partial charge in [0.15, 0.2) is 0 Å². The van der Waals surface area contributed by atoms with E-state index < -0.39 is 0 Å². The summed E-state index contributed by atoms with van der Waals surface area (Å²) in [6.45, 7) is 2.26. The molecule has 1 aromatic rings. The van der Waals surface area contributed by atoms with Crippen molar-refractivity contribution in [2.45, 2.75) is 38.3 Å². The number of rotatable bonds is 2. The van der Waals surface area contributed by atoms with Crippen molar-refractivity contribution in [1.29, 1.82) is 0 Å². The molecular formula is C13H19NO. The lowest BCUT2D eigenvalue weighted by Gasteiger charge is -2.29. The highest BCUT2D eigenvalue weighted by Gasteiger charge is 2.18. The average molecular weight is 205 g/mol. The van der Waals surface area contributed by atoms with Gasteiger partial charge in [-0.1, -0.05) is 18.6 Å². The zero-order chi connectivity index (χ0) is 10.7. The van der Waals surface area contributed by atoms with Crippen molar-refractivity contribution in [2.24, 2.45) is 0 Å². The summed E-state index contributed by atoms with van der Waals surface area (Å²) in [7, 11) is 1.70. The Hall–Kier alpha value is -1.02. The van der Waals surface area contributed by atoms with Crippen LogP contribution >= 0.6 is 0 Å². The fourth-order valence-corrected chi connectivity index (χ4v) is 2.24. The molecule has 0 radical (unpaired) electrons. The maximum Gasteiger partial charge on any atom is 0.118 e. The Morgan fingerprint density at radius 3 is 2.53 bits per heavy atom. The standard InChI is InChI=1S/C13H19NO/c1-10-4-3-5-13(14-10)11-6-8-12(15-2)9-7-11/h6-10,13-14H,3-5H2,1-2H3. The van der Waals surface area contributed by atoms with E-state index in [2.05, 4.69) is 24.4 Å². The molecule has 1 heterocycles. The molecular weight excluding hydrogens is 186 g/mol. The number of piperidine rings is 1. The molecule has 0 spiro atoms. The van der Waals surface area contributed by atoms with Gasteiger partial charge in [-0.3, -0.25) is 0 Å². The van der Waals surface area contributed by atoms with Gasteiger partial charge >= 0.3 is 0 Å². The number of hydrogen-bond donors (Lipinski definition) is 1. The van der Waals surface area contributed by atoms with E-state index >= 15 is 0 Å². The monoisotopic (exact) mass is 205 g/mol. The van der Waals surface area contributed by atoms with Gasteiger partial charge in [-0.05, 0) is 37.5 Å². The summed E-state index contributed by atoms with van der Waals surface area (Å²) in [6, 6.07) is 9.57. The second kappa shape index (κ2) is 4.67. The van der Waals surface area contributed by atoms with Crippen molar-refractivity contribution in [2.75, 3.05) is 7.11 Å². The Labute approximate surface area is 91.6 Å². The van der Waals surface area contributed by atoms with Gasteiger partial charge in [0, 0.05) is 12.1 Å². The minimum absolute atomic E-state index is 0.527. The lowest BCUT2D eigenvalue weighted by Crippen LogP contribution is -2.34. The molecule has 0 bridgehead atoms. The lowest BCUT2D eigenvalue weighted by molar-refractivity contribution is 0.341. The molecule has 2 heteroatoms. The molecule has 1 fully saturated rings. The summed E-state index contributed by atoms with van der Waals surface area (Å²) in [5, 5.41) is 3.63. The topological polar surface area (TPSA) is 21.3 Å². The number of benzene rings is 1. The quantitative estimate of drug-likeness (QED) is 0.801. The van der Waals surface area contributed by atoms with Gasteiger partial charge in [-0.2, -0.15) is 0 Å². The van der Waals surface area contributed by atoms with Gasteiger partial charge < -0.3 is 10.1 Å². The number of ether oxygens (including phenoxy) is 1. The molecule has 2 atom stereocenters. The molecule has 1 N–H and O–H groups in total. The minimum Gasteiger partial charge on any atom is -0.497 e. The van der Waals surface area contributed by atoms with Gasteiger partial charge in [-0.25, -0.2) is 0 Å². The van der Waals surface area contributed by atoms with Crippen LogP contribution in [0, 0.1) is 0 Å². The van der Waals surface area contributed by atoms with Gasteiger partial charge in [0.1, 0.15) is 5.75 Å². The van der Waals surface area contributed by atoms with Gasteiger partial charge in [-0.15, -0.1) is 0 Å². The Morgan fingerprint density at radius 1 is 1.20 bits per heavy atom. The summed E-state index contributed by atoms with van der Waals surface area (Å²) in [5.74, 6) is 0.933. The first kappa shape index (κ1) is 10.5. The van der Waals surface area contributed by atoms with Crippen molar-refractivity contribution in [1.82, 2.24) is 5.32 Å². The highest BCUT2D eigenvalue weighted by molar-refractivity contribution is 5.29. The molecule has 0 amide bonds. The summed E-state index contributed by atoms with van der Waals surface area (Å²) in [4.78, 5) is 0. The van der Waals surface area contributed by atoms with E-state index in [4.69, 9.17) is 4.74 Å². The molecule has 1 saturated heterocycles. The van der Waals surface area contributed by atoms with E-state index in [1.165, 1.54) is 24.8 Å². The van der Waals surface area contributed by atoms with E-state index in [-0.39, 0.29) is 0 Å².